The fraction of sp³-hybridized carbons (Fsp3) is 0.333. The first kappa shape index (κ1) is 10.5. The van der Waals surface area contributed by atoms with E-state index in [1.165, 1.54) is 0 Å². The Labute approximate surface area is 76.6 Å². The molecule has 62 valence electrons. The predicted octanol–water partition coefficient (Wildman–Crippen LogP) is 3.04. The van der Waals surface area contributed by atoms with Crippen molar-refractivity contribution < 1.29 is 4.74 Å². The van der Waals surface area contributed by atoms with E-state index in [-0.39, 0.29) is 0 Å². The Morgan fingerprint density at radius 2 is 2.36 bits per heavy atom. The fourth-order valence-corrected chi connectivity index (χ4v) is 0.750. The van der Waals surface area contributed by atoms with Gasteiger partial charge < -0.3 is 4.74 Å². The predicted molar refractivity (Wildman–Crippen MR) is 52.8 cm³/mol. The molecule has 0 aromatic heterocycles. The van der Waals surface area contributed by atoms with Crippen LogP contribution in [0.5, 0.6) is 0 Å². The van der Waals surface area contributed by atoms with E-state index < -0.39 is 0 Å². The quantitative estimate of drug-likeness (QED) is 0.390. The number of ether oxygens (including phenoxy) is 1. The van der Waals surface area contributed by atoms with Crippen LogP contribution in [0.3, 0.4) is 0 Å². The van der Waals surface area contributed by atoms with Crippen molar-refractivity contribution in [3.63, 3.8) is 0 Å². The molecule has 0 N–H and O–H groups in total. The van der Waals surface area contributed by atoms with E-state index in [0.29, 0.717) is 6.61 Å². The van der Waals surface area contributed by atoms with E-state index in [4.69, 9.17) is 4.74 Å². The van der Waals surface area contributed by atoms with Crippen molar-refractivity contribution in [3.8, 4) is 0 Å². The minimum Gasteiger partial charge on any atom is -0.493 e. The molecule has 0 fully saturated rings. The van der Waals surface area contributed by atoms with Gasteiger partial charge in [-0.25, -0.2) is 0 Å². The monoisotopic (exact) mass is 216 g/mol. The molecule has 0 aromatic rings. The van der Waals surface area contributed by atoms with Crippen LogP contribution < -0.4 is 0 Å². The van der Waals surface area contributed by atoms with E-state index >= 15 is 0 Å². The minimum atomic E-state index is 0.685. The number of hydrogen-bond acceptors (Lipinski definition) is 1. The zero-order valence-electron chi connectivity index (χ0n) is 6.72. The van der Waals surface area contributed by atoms with E-state index in [1.807, 2.05) is 25.2 Å². The average molecular weight is 217 g/mol. The third kappa shape index (κ3) is 5.92. The summed E-state index contributed by atoms with van der Waals surface area (Å²) in [7, 11) is 0. The Hall–Kier alpha value is -0.500. The first-order valence-corrected chi connectivity index (χ1v) is 4.61. The molecule has 1 nitrogen and oxygen atoms in total. The van der Waals surface area contributed by atoms with Gasteiger partial charge in [-0.2, -0.15) is 0 Å². The fourth-order valence-electron chi connectivity index (χ4n) is 0.589. The maximum atomic E-state index is 5.33. The summed E-state index contributed by atoms with van der Waals surface area (Å²) >= 11 is 3.28. The molecular weight excluding hydrogens is 204 g/mol. The van der Waals surface area contributed by atoms with Gasteiger partial charge in [0.15, 0.2) is 0 Å². The Morgan fingerprint density at radius 3 is 2.82 bits per heavy atom. The van der Waals surface area contributed by atoms with Gasteiger partial charge in [-0.3, -0.25) is 0 Å². The van der Waals surface area contributed by atoms with Crippen molar-refractivity contribution in [1.29, 1.82) is 0 Å². The molecule has 0 heterocycles. The summed E-state index contributed by atoms with van der Waals surface area (Å²) in [6.45, 7) is 6.23. The molecule has 0 bridgehead atoms. The largest absolute Gasteiger partial charge is 0.493 e. The average Bonchev–Trinajstić information content (AvgIpc) is 2.01. The first-order chi connectivity index (χ1) is 5.35. The van der Waals surface area contributed by atoms with Crippen LogP contribution in [0.15, 0.2) is 36.6 Å². The third-order valence-electron chi connectivity index (χ3n) is 0.959. The van der Waals surface area contributed by atoms with Crippen LogP contribution in [0.1, 0.15) is 6.92 Å². The first-order valence-electron chi connectivity index (χ1n) is 3.49. The second-order valence-electron chi connectivity index (χ2n) is 1.84. The van der Waals surface area contributed by atoms with Crippen molar-refractivity contribution >= 4 is 15.9 Å². The van der Waals surface area contributed by atoms with Crippen LogP contribution in [0.25, 0.3) is 0 Å². The van der Waals surface area contributed by atoms with Crippen molar-refractivity contribution in [3.05, 3.63) is 36.6 Å². The van der Waals surface area contributed by atoms with Crippen molar-refractivity contribution in [1.82, 2.24) is 0 Å². The summed E-state index contributed by atoms with van der Waals surface area (Å²) < 4.78 is 5.33. The molecule has 0 atom stereocenters. The summed E-state index contributed by atoms with van der Waals surface area (Å²) in [5, 5.41) is 0.846. The standard InChI is InChI=1S/C9H13BrO/c1-3-5-9(6-4-2)11-8-7-10/h3-6H,1,7-8H2,2H3/b6-4-,9-5+. The number of alkyl halides is 1. The topological polar surface area (TPSA) is 9.23 Å². The number of allylic oxidation sites excluding steroid dienone is 4. The summed E-state index contributed by atoms with van der Waals surface area (Å²) in [6.07, 6.45) is 7.39. The Kier molecular flexibility index (Phi) is 7.26. The summed E-state index contributed by atoms with van der Waals surface area (Å²) in [5.41, 5.74) is 0. The van der Waals surface area contributed by atoms with Crippen LogP contribution in [0.4, 0.5) is 0 Å². The number of halogens is 1. The molecule has 2 heteroatoms. The van der Waals surface area contributed by atoms with Gasteiger partial charge in [0.05, 0.1) is 6.61 Å². The van der Waals surface area contributed by atoms with Crippen LogP contribution in [0, 0.1) is 0 Å². The van der Waals surface area contributed by atoms with Gasteiger partial charge in [0.2, 0.25) is 0 Å². The number of hydrogen-bond donors (Lipinski definition) is 0. The highest BCUT2D eigenvalue weighted by atomic mass is 79.9. The highest BCUT2D eigenvalue weighted by Gasteiger charge is 1.88. The molecule has 0 unspecified atom stereocenters. The van der Waals surface area contributed by atoms with Crippen LogP contribution >= 0.6 is 15.9 Å². The van der Waals surface area contributed by atoms with Crippen molar-refractivity contribution in [2.24, 2.45) is 0 Å². The molecule has 0 saturated carbocycles. The Balaban J connectivity index is 3.89. The summed E-state index contributed by atoms with van der Waals surface area (Å²) in [4.78, 5) is 0. The minimum absolute atomic E-state index is 0.685. The Bertz CT molecular complexity index is 159. The molecule has 0 aliphatic rings. The smallest absolute Gasteiger partial charge is 0.118 e. The zero-order valence-corrected chi connectivity index (χ0v) is 8.30. The van der Waals surface area contributed by atoms with E-state index in [0.717, 1.165) is 11.1 Å². The zero-order chi connectivity index (χ0) is 8.53. The second-order valence-corrected chi connectivity index (χ2v) is 2.64. The Morgan fingerprint density at radius 1 is 1.64 bits per heavy atom. The molecule has 0 spiro atoms. The molecule has 0 rings (SSSR count). The third-order valence-corrected chi connectivity index (χ3v) is 1.28. The second kappa shape index (κ2) is 7.61. The van der Waals surface area contributed by atoms with Gasteiger partial charge in [-0.15, -0.1) is 0 Å². The van der Waals surface area contributed by atoms with Crippen LogP contribution in [-0.2, 0) is 4.74 Å². The lowest BCUT2D eigenvalue weighted by Crippen LogP contribution is -1.92. The summed E-state index contributed by atoms with van der Waals surface area (Å²) in [6, 6.07) is 0. The molecule has 0 aromatic carbocycles. The van der Waals surface area contributed by atoms with E-state index in [1.54, 1.807) is 6.08 Å². The lowest BCUT2D eigenvalue weighted by molar-refractivity contribution is 0.246. The maximum Gasteiger partial charge on any atom is 0.118 e. The van der Waals surface area contributed by atoms with Gasteiger partial charge in [-0.1, -0.05) is 34.7 Å². The molecular formula is C9H13BrO. The highest BCUT2D eigenvalue weighted by molar-refractivity contribution is 9.09. The molecule has 0 aliphatic heterocycles. The van der Waals surface area contributed by atoms with Crippen LogP contribution in [0.2, 0.25) is 0 Å². The van der Waals surface area contributed by atoms with E-state index in [9.17, 15) is 0 Å². The lowest BCUT2D eigenvalue weighted by atomic mass is 10.4. The molecule has 11 heavy (non-hydrogen) atoms. The SMILES string of the molecule is C=C/C=C(\C=C/C)OCCBr. The molecule has 0 aliphatic carbocycles. The molecule has 0 saturated heterocycles. The molecule has 0 radical (unpaired) electrons. The lowest BCUT2D eigenvalue weighted by Gasteiger charge is -2.02. The van der Waals surface area contributed by atoms with Crippen LogP contribution in [-0.4, -0.2) is 11.9 Å². The van der Waals surface area contributed by atoms with Gasteiger partial charge in [-0.05, 0) is 19.1 Å². The van der Waals surface area contributed by atoms with Gasteiger partial charge in [0.25, 0.3) is 0 Å². The maximum absolute atomic E-state index is 5.33. The van der Waals surface area contributed by atoms with E-state index in [2.05, 4.69) is 22.5 Å². The number of rotatable bonds is 5. The van der Waals surface area contributed by atoms with Gasteiger partial charge in [0.1, 0.15) is 5.76 Å². The summed E-state index contributed by atoms with van der Waals surface area (Å²) in [5.74, 6) is 0.849. The highest BCUT2D eigenvalue weighted by Crippen LogP contribution is 2.00. The normalized spacial score (nSPS) is 12.0. The van der Waals surface area contributed by atoms with Crippen molar-refractivity contribution in [2.45, 2.75) is 6.92 Å². The van der Waals surface area contributed by atoms with Crippen molar-refractivity contribution in [2.75, 3.05) is 11.9 Å². The van der Waals surface area contributed by atoms with Gasteiger partial charge in [0, 0.05) is 5.33 Å². The van der Waals surface area contributed by atoms with Gasteiger partial charge >= 0.3 is 0 Å². The molecule has 0 amide bonds.